The zero-order valence-electron chi connectivity index (χ0n) is 48.4. The molecular formula is C53H90N10O13S. The van der Waals surface area contributed by atoms with Gasteiger partial charge in [-0.15, -0.1) is 0 Å². The van der Waals surface area contributed by atoms with Crippen LogP contribution in [0.5, 0.6) is 0 Å². The molecule has 0 saturated heterocycles. The maximum Gasteiger partial charge on any atom is 0.408 e. The number of urea groups is 1. The number of carbonyl (C=O) groups excluding carboxylic acids is 8. The van der Waals surface area contributed by atoms with Crippen LogP contribution in [0, 0.1) is 29.6 Å². The number of hydrogen-bond donors (Lipinski definition) is 7. The summed E-state index contributed by atoms with van der Waals surface area (Å²) in [5.74, 6) is -5.23. The van der Waals surface area contributed by atoms with Crippen molar-refractivity contribution in [3.8, 4) is 0 Å². The Morgan fingerprint density at radius 1 is 0.779 bits per heavy atom. The number of nitrogens with two attached hydrogens (primary N) is 1. The van der Waals surface area contributed by atoms with Crippen LogP contribution in [0.25, 0.3) is 0 Å². The van der Waals surface area contributed by atoms with Crippen molar-refractivity contribution in [1.82, 2.24) is 40.7 Å². The molecule has 0 spiro atoms. The lowest BCUT2D eigenvalue weighted by atomic mass is 9.89. The molecule has 8 N–H and O–H groups in total. The van der Waals surface area contributed by atoms with E-state index in [4.69, 9.17) is 19.9 Å². The molecule has 1 aromatic rings. The molecule has 0 fully saturated rings. The third-order valence-corrected chi connectivity index (χ3v) is 14.8. The first-order chi connectivity index (χ1) is 35.7. The first kappa shape index (κ1) is 67.3. The predicted molar refractivity (Wildman–Crippen MR) is 292 cm³/mol. The lowest BCUT2D eigenvalue weighted by molar-refractivity contribution is -0.146. The third kappa shape index (κ3) is 20.2. The maximum absolute atomic E-state index is 14.3. The summed E-state index contributed by atoms with van der Waals surface area (Å²) < 4.78 is 46.5. The van der Waals surface area contributed by atoms with Gasteiger partial charge < -0.3 is 56.3 Å². The van der Waals surface area contributed by atoms with Gasteiger partial charge in [0.05, 0.1) is 35.4 Å². The van der Waals surface area contributed by atoms with Gasteiger partial charge in [0.2, 0.25) is 35.4 Å². The smallest absolute Gasteiger partial charge is 0.408 e. The first-order valence-electron chi connectivity index (χ1n) is 26.3. The third-order valence-electron chi connectivity index (χ3n) is 13.4. The summed E-state index contributed by atoms with van der Waals surface area (Å²) in [7, 11) is 3.59. The van der Waals surface area contributed by atoms with Gasteiger partial charge in [0.25, 0.3) is 10.0 Å². The van der Waals surface area contributed by atoms with Crippen molar-refractivity contribution in [1.29, 1.82) is 0 Å². The first-order valence-corrected chi connectivity index (χ1v) is 27.8. The summed E-state index contributed by atoms with van der Waals surface area (Å²) in [4.78, 5) is 112. The van der Waals surface area contributed by atoms with Gasteiger partial charge in [-0.3, -0.25) is 33.7 Å². The number of sulfonamides is 1. The Labute approximate surface area is 456 Å². The molecule has 1 heterocycles. The highest BCUT2D eigenvalue weighted by Crippen LogP contribution is 2.30. The van der Waals surface area contributed by atoms with Crippen molar-refractivity contribution in [2.45, 2.75) is 168 Å². The molecule has 0 radical (unpaired) electrons. The number of primary amides is 1. The van der Waals surface area contributed by atoms with Crippen molar-refractivity contribution < 1.29 is 61.0 Å². The zero-order valence-corrected chi connectivity index (χ0v) is 49.2. The van der Waals surface area contributed by atoms with E-state index in [9.17, 15) is 46.8 Å². The Bertz CT molecular complexity index is 2310. The fourth-order valence-corrected chi connectivity index (χ4v) is 10.3. The standard InChI is InChI=1S/C53H90N10O13S/c1-18-33(8)44(62(15)50(69)42(31(4)5)58-49(68)43(32(6)7)61(13)14)39(74-16)29-40(64)63-28-20-22-38(63)45(75-17)34(9)46(65)60-77(72,73)36-25-23-35(24-26-36)56-47(66)37(21-19-27-55-51(54)70)57-48(67)41(30(2)3)59-52(71)76-53(10,11)12/h22-26,30-34,37,39,41-45H,18-21,27-29H2,1-17H3,(H,56,66)(H,57,67)(H,58,68)(H,59,71)(H,60,65)(H3,54,55,70)/t33-,34+,37-,39+,41-,42-,43-,44-,45+/m0/s1. The Kier molecular flexibility index (Phi) is 26.5. The Morgan fingerprint density at radius 2 is 1.38 bits per heavy atom. The maximum atomic E-state index is 14.3. The largest absolute Gasteiger partial charge is 0.444 e. The second kappa shape index (κ2) is 30.3. The van der Waals surface area contributed by atoms with Crippen molar-refractivity contribution in [2.75, 3.05) is 53.8 Å². The molecular weight excluding hydrogens is 1020 g/mol. The number of nitrogens with one attached hydrogen (secondary N) is 6. The lowest BCUT2D eigenvalue weighted by Gasteiger charge is -2.40. The highest BCUT2D eigenvalue weighted by molar-refractivity contribution is 7.90. The number of carbonyl (C=O) groups is 8. The number of nitrogens with zero attached hydrogens (tertiary/aromatic N) is 3. The number of rotatable bonds is 29. The molecule has 77 heavy (non-hydrogen) atoms. The van der Waals surface area contributed by atoms with Crippen LogP contribution >= 0.6 is 0 Å². The van der Waals surface area contributed by atoms with Crippen LogP contribution in [-0.4, -0.2) is 167 Å². The van der Waals surface area contributed by atoms with Crippen LogP contribution in [0.15, 0.2) is 40.9 Å². The van der Waals surface area contributed by atoms with Gasteiger partial charge in [-0.05, 0) is 102 Å². The molecule has 1 aromatic carbocycles. The van der Waals surface area contributed by atoms with E-state index in [-0.39, 0.29) is 78.4 Å². The van der Waals surface area contributed by atoms with Gasteiger partial charge in [0.1, 0.15) is 29.8 Å². The van der Waals surface area contributed by atoms with Crippen LogP contribution in [0.4, 0.5) is 15.3 Å². The topological polar surface area (TPSA) is 306 Å². The number of methoxy groups -OCH3 is 2. The van der Waals surface area contributed by atoms with Crippen LogP contribution < -0.4 is 37.0 Å². The molecule has 1 aliphatic rings. The quantitative estimate of drug-likeness (QED) is 0.0564. The molecule has 436 valence electrons. The number of likely N-dealkylation sites (N-methyl/N-ethyl adjacent to an activating group) is 2. The molecule has 0 aromatic heterocycles. The van der Waals surface area contributed by atoms with Crippen molar-refractivity contribution in [2.24, 2.45) is 35.3 Å². The van der Waals surface area contributed by atoms with Gasteiger partial charge in [-0.2, -0.15) is 0 Å². The fourth-order valence-electron chi connectivity index (χ4n) is 9.20. The molecule has 9 atom stereocenters. The average molecular weight is 1110 g/mol. The van der Waals surface area contributed by atoms with E-state index >= 15 is 0 Å². The van der Waals surface area contributed by atoms with Gasteiger partial charge >= 0.3 is 12.1 Å². The minimum absolute atomic E-state index is 0.0177. The zero-order chi connectivity index (χ0) is 58.9. The Morgan fingerprint density at radius 3 is 1.87 bits per heavy atom. The molecule has 23 nitrogen and oxygen atoms in total. The molecule has 0 saturated carbocycles. The predicted octanol–water partition coefficient (Wildman–Crippen LogP) is 3.69. The van der Waals surface area contributed by atoms with Gasteiger partial charge in [-0.1, -0.05) is 74.8 Å². The van der Waals surface area contributed by atoms with Crippen LogP contribution in [-0.2, 0) is 53.0 Å². The summed E-state index contributed by atoms with van der Waals surface area (Å²) in [6, 6.07) is -0.0338. The monoisotopic (exact) mass is 1110 g/mol. The normalized spacial score (nSPS) is 16.5. The molecule has 0 unspecified atom stereocenters. The van der Waals surface area contributed by atoms with Crippen molar-refractivity contribution in [3.63, 3.8) is 0 Å². The Hall–Kier alpha value is -5.85. The summed E-state index contributed by atoms with van der Waals surface area (Å²) in [6.07, 6.45) is 0.216. The summed E-state index contributed by atoms with van der Waals surface area (Å²) >= 11 is 0. The number of anilines is 1. The van der Waals surface area contributed by atoms with Gasteiger partial charge in [-0.25, -0.2) is 22.7 Å². The lowest BCUT2D eigenvalue weighted by Crippen LogP contribution is -2.59. The number of hydrogen-bond acceptors (Lipinski definition) is 14. The number of amides is 9. The number of benzene rings is 1. The van der Waals surface area contributed by atoms with E-state index in [1.807, 2.05) is 60.5 Å². The minimum Gasteiger partial charge on any atom is -0.444 e. The van der Waals surface area contributed by atoms with E-state index in [0.29, 0.717) is 18.5 Å². The van der Waals surface area contributed by atoms with E-state index in [1.165, 1.54) is 50.3 Å². The van der Waals surface area contributed by atoms with Crippen molar-refractivity contribution >= 4 is 63.3 Å². The Balaban J connectivity index is 2.28. The highest BCUT2D eigenvalue weighted by atomic mass is 32.2. The van der Waals surface area contributed by atoms with E-state index < -0.39 is 99.7 Å². The molecule has 24 heteroatoms. The minimum atomic E-state index is -4.51. The van der Waals surface area contributed by atoms with Gasteiger partial charge in [0, 0.05) is 45.7 Å². The molecule has 0 bridgehead atoms. The summed E-state index contributed by atoms with van der Waals surface area (Å²) in [6.45, 7) is 21.8. The fraction of sp³-hybridized carbons (Fsp3) is 0.698. The molecule has 1 aliphatic heterocycles. The van der Waals surface area contributed by atoms with Crippen LogP contribution in [0.1, 0.15) is 115 Å². The summed E-state index contributed by atoms with van der Waals surface area (Å²) in [5, 5.41) is 13.3. The second-order valence-corrected chi connectivity index (χ2v) is 23.6. The second-order valence-electron chi connectivity index (χ2n) is 21.9. The molecule has 0 aliphatic carbocycles. The number of ether oxygens (including phenoxy) is 3. The van der Waals surface area contributed by atoms with Crippen LogP contribution in [0.2, 0.25) is 0 Å². The highest BCUT2D eigenvalue weighted by Gasteiger charge is 2.42. The summed E-state index contributed by atoms with van der Waals surface area (Å²) in [5.41, 5.74) is 4.84. The van der Waals surface area contributed by atoms with Crippen molar-refractivity contribution in [3.05, 3.63) is 36.0 Å². The SMILES string of the molecule is CC[C@H](C)[C@@H]([C@@H](CC(=O)N1CCC=C1[C@H](OC)[C@@H](C)C(=O)NS(=O)(=O)c1ccc(NC(=O)[C@H](CCCNC(N)=O)NC(=O)[C@@H](NC(=O)OC(C)(C)C)C(C)C)cc1)OC)N(C)C(=O)[C@@H](NC(=O)[C@H](C(C)C)N(C)C)C(C)C. The van der Waals surface area contributed by atoms with E-state index in [2.05, 4.69) is 31.3 Å². The van der Waals surface area contributed by atoms with E-state index in [0.717, 1.165) is 0 Å². The average Bonchev–Trinajstić information content (AvgIpc) is 3.81. The van der Waals surface area contributed by atoms with Crippen LogP contribution in [0.3, 0.4) is 0 Å². The molecule has 2 rings (SSSR count). The number of alkyl carbamates (subject to hydrolysis) is 1. The molecule has 9 amide bonds. The van der Waals surface area contributed by atoms with Gasteiger partial charge in [0.15, 0.2) is 0 Å². The van der Waals surface area contributed by atoms with E-state index in [1.54, 1.807) is 52.6 Å².